The van der Waals surface area contributed by atoms with Crippen LogP contribution in [-0.4, -0.2) is 55.6 Å². The van der Waals surface area contributed by atoms with Gasteiger partial charge in [-0.3, -0.25) is 9.89 Å². The minimum Gasteiger partial charge on any atom is -0.468 e. The van der Waals surface area contributed by atoms with Crippen LogP contribution >= 0.6 is 24.0 Å². The molecule has 1 aliphatic rings. The van der Waals surface area contributed by atoms with Crippen LogP contribution in [0.1, 0.15) is 44.1 Å². The first-order chi connectivity index (χ1) is 14.2. The molecule has 1 aliphatic heterocycles. The van der Waals surface area contributed by atoms with E-state index < -0.39 is 0 Å². The van der Waals surface area contributed by atoms with E-state index in [1.165, 1.54) is 12.8 Å². The van der Waals surface area contributed by atoms with Gasteiger partial charge in [-0.25, -0.2) is 4.98 Å². The van der Waals surface area contributed by atoms with E-state index >= 15 is 0 Å². The zero-order valence-corrected chi connectivity index (χ0v) is 20.6. The van der Waals surface area contributed by atoms with Gasteiger partial charge < -0.3 is 20.0 Å². The number of guanidine groups is 1. The van der Waals surface area contributed by atoms with E-state index in [1.54, 1.807) is 13.3 Å². The molecule has 1 unspecified atom stereocenters. The lowest BCUT2D eigenvalue weighted by Crippen LogP contribution is -2.42. The number of hydrogen-bond donors (Lipinski definition) is 2. The van der Waals surface area contributed by atoms with Crippen LogP contribution in [0, 0.1) is 0 Å². The molecule has 30 heavy (non-hydrogen) atoms. The zero-order chi connectivity index (χ0) is 20.5. The number of pyridine rings is 1. The third-order valence-electron chi connectivity index (χ3n) is 5.50. The predicted molar refractivity (Wildman–Crippen MR) is 134 cm³/mol. The second-order valence-corrected chi connectivity index (χ2v) is 7.28. The lowest BCUT2D eigenvalue weighted by molar-refractivity contribution is 0.215. The molecular formula is C22H35IN6O. The molecule has 1 saturated heterocycles. The number of hydrogen-bond acceptors (Lipinski definition) is 5. The van der Waals surface area contributed by atoms with Gasteiger partial charge in [0.1, 0.15) is 11.6 Å². The Kier molecular flexibility index (Phi) is 10.4. The van der Waals surface area contributed by atoms with Crippen molar-refractivity contribution in [2.75, 3.05) is 44.7 Å². The molecule has 0 bridgehead atoms. The minimum atomic E-state index is 0. The summed E-state index contributed by atoms with van der Waals surface area (Å²) in [6, 6.07) is 8.45. The van der Waals surface area contributed by atoms with Gasteiger partial charge in [0.05, 0.1) is 12.3 Å². The van der Waals surface area contributed by atoms with E-state index in [0.717, 1.165) is 55.8 Å². The predicted octanol–water partition coefficient (Wildman–Crippen LogP) is 3.64. The van der Waals surface area contributed by atoms with E-state index in [0.29, 0.717) is 6.54 Å². The van der Waals surface area contributed by atoms with E-state index in [9.17, 15) is 0 Å². The minimum absolute atomic E-state index is 0. The van der Waals surface area contributed by atoms with Crippen molar-refractivity contribution in [1.29, 1.82) is 0 Å². The summed E-state index contributed by atoms with van der Waals surface area (Å²) in [5, 5.41) is 6.85. The van der Waals surface area contributed by atoms with E-state index in [2.05, 4.69) is 62.5 Å². The second-order valence-electron chi connectivity index (χ2n) is 7.28. The van der Waals surface area contributed by atoms with Gasteiger partial charge in [-0.2, -0.15) is 0 Å². The first-order valence-electron chi connectivity index (χ1n) is 10.7. The van der Waals surface area contributed by atoms with Crippen LogP contribution in [0.4, 0.5) is 5.82 Å². The molecule has 0 amide bonds. The monoisotopic (exact) mass is 526 g/mol. The first kappa shape index (κ1) is 24.5. The molecule has 3 rings (SSSR count). The average Bonchev–Trinajstić information content (AvgIpc) is 3.47. The molecule has 1 atom stereocenters. The van der Waals surface area contributed by atoms with Gasteiger partial charge in [0.15, 0.2) is 5.96 Å². The second kappa shape index (κ2) is 12.8. The molecule has 2 aromatic heterocycles. The summed E-state index contributed by atoms with van der Waals surface area (Å²) in [6.45, 7) is 9.89. The average molecular weight is 526 g/mol. The van der Waals surface area contributed by atoms with Crippen LogP contribution in [0.3, 0.4) is 0 Å². The third kappa shape index (κ3) is 6.60. The van der Waals surface area contributed by atoms with Crippen LogP contribution in [0.15, 0.2) is 46.1 Å². The molecule has 0 radical (unpaired) electrons. The van der Waals surface area contributed by atoms with Gasteiger partial charge in [-0.05, 0) is 63.5 Å². The Morgan fingerprint density at radius 2 is 1.97 bits per heavy atom. The van der Waals surface area contributed by atoms with Crippen molar-refractivity contribution in [3.63, 3.8) is 0 Å². The fourth-order valence-corrected chi connectivity index (χ4v) is 3.80. The van der Waals surface area contributed by atoms with E-state index in [4.69, 9.17) is 4.42 Å². The zero-order valence-electron chi connectivity index (χ0n) is 18.3. The van der Waals surface area contributed by atoms with Crippen molar-refractivity contribution >= 4 is 35.8 Å². The molecule has 0 aliphatic carbocycles. The van der Waals surface area contributed by atoms with E-state index in [-0.39, 0.29) is 30.0 Å². The Morgan fingerprint density at radius 1 is 1.20 bits per heavy atom. The smallest absolute Gasteiger partial charge is 0.191 e. The van der Waals surface area contributed by atoms with Gasteiger partial charge >= 0.3 is 0 Å². The largest absolute Gasteiger partial charge is 0.468 e. The van der Waals surface area contributed by atoms with Crippen molar-refractivity contribution in [3.05, 3.63) is 48.0 Å². The molecule has 1 fully saturated rings. The maximum atomic E-state index is 5.70. The van der Waals surface area contributed by atoms with Gasteiger partial charge in [0.2, 0.25) is 0 Å². The summed E-state index contributed by atoms with van der Waals surface area (Å²) >= 11 is 0. The highest BCUT2D eigenvalue weighted by Gasteiger charge is 2.25. The van der Waals surface area contributed by atoms with Crippen molar-refractivity contribution in [3.8, 4) is 0 Å². The van der Waals surface area contributed by atoms with Crippen LogP contribution in [-0.2, 0) is 6.54 Å². The Balaban J connectivity index is 0.00000320. The molecule has 0 spiro atoms. The lowest BCUT2D eigenvalue weighted by Gasteiger charge is -2.26. The number of halogens is 1. The molecule has 3 heterocycles. The summed E-state index contributed by atoms with van der Waals surface area (Å²) in [7, 11) is 1.80. The first-order valence-corrected chi connectivity index (χ1v) is 10.7. The molecule has 0 saturated carbocycles. The summed E-state index contributed by atoms with van der Waals surface area (Å²) < 4.78 is 5.70. The number of nitrogens with zero attached hydrogens (tertiary/aromatic N) is 4. The number of nitrogens with one attached hydrogen (secondary N) is 2. The number of anilines is 1. The van der Waals surface area contributed by atoms with Crippen molar-refractivity contribution in [1.82, 2.24) is 20.5 Å². The van der Waals surface area contributed by atoms with Crippen molar-refractivity contribution < 1.29 is 4.42 Å². The van der Waals surface area contributed by atoms with Gasteiger partial charge in [-0.1, -0.05) is 6.07 Å². The van der Waals surface area contributed by atoms with Crippen LogP contribution in [0.25, 0.3) is 0 Å². The molecule has 2 aromatic rings. The van der Waals surface area contributed by atoms with E-state index in [1.807, 2.05) is 12.3 Å². The highest BCUT2D eigenvalue weighted by atomic mass is 127. The van der Waals surface area contributed by atoms with Gasteiger partial charge in [0, 0.05) is 39.4 Å². The SMILES string of the molecule is CCN(CC)c1ccc(CNC(=NC)NCC(c2ccco2)N2CCCC2)cn1.I. The molecular weight excluding hydrogens is 491 g/mol. The lowest BCUT2D eigenvalue weighted by atomic mass is 10.2. The molecule has 7 nitrogen and oxygen atoms in total. The summed E-state index contributed by atoms with van der Waals surface area (Å²) in [4.78, 5) is 13.7. The van der Waals surface area contributed by atoms with Gasteiger partial charge in [0.25, 0.3) is 0 Å². The maximum Gasteiger partial charge on any atom is 0.191 e. The molecule has 2 N–H and O–H groups in total. The molecule has 166 valence electrons. The number of likely N-dealkylation sites (tertiary alicyclic amines) is 1. The maximum absolute atomic E-state index is 5.70. The highest BCUT2D eigenvalue weighted by Crippen LogP contribution is 2.24. The Bertz CT molecular complexity index is 739. The quantitative estimate of drug-likeness (QED) is 0.296. The van der Waals surface area contributed by atoms with Crippen LogP contribution < -0.4 is 15.5 Å². The van der Waals surface area contributed by atoms with Gasteiger partial charge in [-0.15, -0.1) is 24.0 Å². The summed E-state index contributed by atoms with van der Waals surface area (Å²) in [6.07, 6.45) is 6.19. The van der Waals surface area contributed by atoms with Crippen molar-refractivity contribution in [2.45, 2.75) is 39.3 Å². The Labute approximate surface area is 197 Å². The molecule has 0 aromatic carbocycles. The Hall–Kier alpha value is -1.81. The fourth-order valence-electron chi connectivity index (χ4n) is 3.80. The third-order valence-corrected chi connectivity index (χ3v) is 5.50. The number of aromatic nitrogens is 1. The summed E-state index contributed by atoms with van der Waals surface area (Å²) in [5.74, 6) is 2.81. The Morgan fingerprint density at radius 3 is 2.53 bits per heavy atom. The van der Waals surface area contributed by atoms with Crippen LogP contribution in [0.5, 0.6) is 0 Å². The normalized spacial score (nSPS) is 15.5. The molecule has 8 heteroatoms. The number of rotatable bonds is 9. The van der Waals surface area contributed by atoms with Crippen LogP contribution in [0.2, 0.25) is 0 Å². The van der Waals surface area contributed by atoms with Crippen molar-refractivity contribution in [2.24, 2.45) is 4.99 Å². The topological polar surface area (TPSA) is 68.9 Å². The number of aliphatic imine (C=N–C) groups is 1. The fraction of sp³-hybridized carbons (Fsp3) is 0.545. The highest BCUT2D eigenvalue weighted by molar-refractivity contribution is 14.0. The summed E-state index contributed by atoms with van der Waals surface area (Å²) in [5.41, 5.74) is 1.13. The standard InChI is InChI=1S/C22H34N6O.HI/c1-4-27(5-2)21-11-10-18(15-24-21)16-25-22(23-3)26-17-19(20-9-8-14-29-20)28-12-6-7-13-28;/h8-11,14-15,19H,4-7,12-13,16-17H2,1-3H3,(H2,23,25,26);1H. The number of furan rings is 1.